The first-order valence-corrected chi connectivity index (χ1v) is 10.4. The van der Waals surface area contributed by atoms with E-state index in [2.05, 4.69) is 0 Å². The van der Waals surface area contributed by atoms with Crippen LogP contribution in [-0.4, -0.2) is 38.2 Å². The molecule has 0 amide bonds. The van der Waals surface area contributed by atoms with E-state index in [-0.39, 0.29) is 47.7 Å². The zero-order valence-corrected chi connectivity index (χ0v) is 21.0. The van der Waals surface area contributed by atoms with Crippen molar-refractivity contribution in [3.05, 3.63) is 77.7 Å². The Labute approximate surface area is 214 Å². The first kappa shape index (κ1) is 27.0. The van der Waals surface area contributed by atoms with Crippen molar-refractivity contribution in [3.63, 3.8) is 0 Å². The number of rotatable bonds is 9. The second-order valence-electron chi connectivity index (χ2n) is 7.95. The number of hydrogen-bond donors (Lipinski definition) is 2. The van der Waals surface area contributed by atoms with E-state index in [0.29, 0.717) is 0 Å². The molecule has 2 aromatic carbocycles. The van der Waals surface area contributed by atoms with Crippen molar-refractivity contribution in [1.82, 2.24) is 9.78 Å². The van der Waals surface area contributed by atoms with Crippen LogP contribution in [0.3, 0.4) is 0 Å². The molecule has 2 atom stereocenters. The maximum atomic E-state index is 13.6. The number of nitrogens with zero attached hydrogens (tertiary/aromatic N) is 2. The molecule has 0 aliphatic heterocycles. The summed E-state index contributed by atoms with van der Waals surface area (Å²) in [5.41, 5.74) is 3.86. The summed E-state index contributed by atoms with van der Waals surface area (Å²) >= 11 is 0. The minimum atomic E-state index is -1.38. The predicted octanol–water partition coefficient (Wildman–Crippen LogP) is 0.0709. The van der Waals surface area contributed by atoms with E-state index >= 15 is 0 Å². The van der Waals surface area contributed by atoms with E-state index in [1.165, 1.54) is 18.2 Å². The molecule has 0 radical (unpaired) electrons. The number of benzene rings is 2. The predicted molar refractivity (Wildman–Crippen MR) is 118 cm³/mol. The van der Waals surface area contributed by atoms with E-state index in [1.54, 1.807) is 22.9 Å². The summed E-state index contributed by atoms with van der Waals surface area (Å²) < 4.78 is 15.4. The van der Waals surface area contributed by atoms with Gasteiger partial charge in [0.1, 0.15) is 5.82 Å². The van der Waals surface area contributed by atoms with E-state index in [0.717, 1.165) is 28.2 Å². The fourth-order valence-electron chi connectivity index (χ4n) is 3.52. The minimum absolute atomic E-state index is 0. The van der Waals surface area contributed by atoms with Gasteiger partial charge in [0.2, 0.25) is 0 Å². The Morgan fingerprint density at radius 1 is 1.12 bits per heavy atom. The zero-order chi connectivity index (χ0) is 23.3. The summed E-state index contributed by atoms with van der Waals surface area (Å²) in [5, 5.41) is 35.5. The van der Waals surface area contributed by atoms with Crippen molar-refractivity contribution < 1.29 is 54.1 Å². The first-order chi connectivity index (χ1) is 15.3. The fraction of sp³-hybridized carbons (Fsp3) is 0.280. The summed E-state index contributed by atoms with van der Waals surface area (Å²) in [6.45, 7) is 4.01. The summed E-state index contributed by atoms with van der Waals surface area (Å²) in [7, 11) is 0. The Balaban J connectivity index is 0.00000385. The SMILES string of the molecule is CC(C)c1nn(-c2ccccc2)c(-c2ccc(F)cc2)c1/C=C/[C@@H](O)C[C@@H](O)CC(=O)[O-].[Na+]. The minimum Gasteiger partial charge on any atom is -0.550 e. The van der Waals surface area contributed by atoms with Gasteiger partial charge in [-0.3, -0.25) is 0 Å². The molecule has 8 heteroatoms. The maximum absolute atomic E-state index is 13.6. The molecule has 3 rings (SSSR count). The normalized spacial score (nSPS) is 13.2. The molecular weight excluding hydrogens is 434 g/mol. The average molecular weight is 460 g/mol. The molecule has 1 heterocycles. The van der Waals surface area contributed by atoms with Gasteiger partial charge >= 0.3 is 29.6 Å². The van der Waals surface area contributed by atoms with E-state index in [1.807, 2.05) is 44.2 Å². The molecule has 3 aromatic rings. The standard InChI is InChI=1S/C25H27FN2O4.Na/c1-16(2)24-22(13-12-20(29)14-21(30)15-23(31)32)25(17-8-10-18(26)11-9-17)28(27-24)19-6-4-3-5-7-19;/h3-13,16,20-21,29-30H,14-15H2,1-2H3,(H,31,32);/q;+1/p-1/b13-12+;/t20-,21-;/m1./s1. The maximum Gasteiger partial charge on any atom is 1.00 e. The Bertz CT molecular complexity index is 1080. The third-order valence-corrected chi connectivity index (χ3v) is 5.02. The van der Waals surface area contributed by atoms with Gasteiger partial charge < -0.3 is 20.1 Å². The molecule has 0 saturated carbocycles. The molecule has 0 saturated heterocycles. The number of carbonyl (C=O) groups is 1. The van der Waals surface area contributed by atoms with Crippen molar-refractivity contribution in [2.24, 2.45) is 0 Å². The van der Waals surface area contributed by atoms with Crippen molar-refractivity contribution in [2.45, 2.75) is 44.8 Å². The molecule has 1 aromatic heterocycles. The van der Waals surface area contributed by atoms with Crippen molar-refractivity contribution in [3.8, 4) is 16.9 Å². The Morgan fingerprint density at radius 2 is 1.76 bits per heavy atom. The average Bonchev–Trinajstić information content (AvgIpc) is 3.12. The van der Waals surface area contributed by atoms with Crippen LogP contribution in [0.5, 0.6) is 0 Å². The fourth-order valence-corrected chi connectivity index (χ4v) is 3.52. The number of aliphatic hydroxyl groups is 2. The molecule has 0 bridgehead atoms. The van der Waals surface area contributed by atoms with Gasteiger partial charge in [-0.1, -0.05) is 44.2 Å². The zero-order valence-electron chi connectivity index (χ0n) is 19.0. The van der Waals surface area contributed by atoms with Crippen LogP contribution in [0.4, 0.5) is 4.39 Å². The molecular formula is C25H26FN2NaO4. The molecule has 0 aliphatic rings. The van der Waals surface area contributed by atoms with Crippen LogP contribution in [-0.2, 0) is 4.79 Å². The second kappa shape index (κ2) is 12.3. The van der Waals surface area contributed by atoms with Gasteiger partial charge in [0, 0.05) is 29.9 Å². The number of halogens is 1. The van der Waals surface area contributed by atoms with Crippen molar-refractivity contribution in [2.75, 3.05) is 0 Å². The molecule has 0 unspecified atom stereocenters. The van der Waals surface area contributed by atoms with Crippen LogP contribution in [0.1, 0.15) is 43.9 Å². The van der Waals surface area contributed by atoms with Crippen LogP contribution in [0.2, 0.25) is 0 Å². The first-order valence-electron chi connectivity index (χ1n) is 10.4. The molecule has 6 nitrogen and oxygen atoms in total. The number of carboxylic acid groups (broad SMARTS) is 1. The van der Waals surface area contributed by atoms with E-state index < -0.39 is 24.6 Å². The Hall–Kier alpha value is -2.29. The van der Waals surface area contributed by atoms with Gasteiger partial charge in [-0.25, -0.2) is 9.07 Å². The van der Waals surface area contributed by atoms with Gasteiger partial charge in [-0.2, -0.15) is 5.10 Å². The molecule has 0 fully saturated rings. The number of hydrogen-bond acceptors (Lipinski definition) is 5. The van der Waals surface area contributed by atoms with E-state index in [4.69, 9.17) is 5.10 Å². The number of carboxylic acids is 1. The second-order valence-corrected chi connectivity index (χ2v) is 7.95. The summed E-state index contributed by atoms with van der Waals surface area (Å²) in [4.78, 5) is 10.6. The molecule has 168 valence electrons. The van der Waals surface area contributed by atoms with Gasteiger partial charge in [0.25, 0.3) is 0 Å². The van der Waals surface area contributed by atoms with E-state index in [9.17, 15) is 24.5 Å². The molecule has 0 spiro atoms. The molecule has 2 N–H and O–H groups in total. The van der Waals surface area contributed by atoms with Crippen LogP contribution < -0.4 is 34.7 Å². The van der Waals surface area contributed by atoms with Crippen LogP contribution in [0.15, 0.2) is 60.7 Å². The van der Waals surface area contributed by atoms with Gasteiger partial charge in [0.05, 0.1) is 29.3 Å². The molecule has 33 heavy (non-hydrogen) atoms. The summed E-state index contributed by atoms with van der Waals surface area (Å²) in [6, 6.07) is 15.7. The van der Waals surface area contributed by atoms with Crippen molar-refractivity contribution >= 4 is 12.0 Å². The number of para-hydroxylation sites is 1. The third kappa shape index (κ3) is 7.09. The van der Waals surface area contributed by atoms with Gasteiger partial charge in [-0.05, 0) is 42.3 Å². The van der Waals surface area contributed by atoms with Crippen LogP contribution >= 0.6 is 0 Å². The largest absolute Gasteiger partial charge is 1.00 e. The third-order valence-electron chi connectivity index (χ3n) is 5.02. The topological polar surface area (TPSA) is 98.4 Å². The van der Waals surface area contributed by atoms with Crippen LogP contribution in [0, 0.1) is 5.82 Å². The summed E-state index contributed by atoms with van der Waals surface area (Å²) in [6.07, 6.45) is 0.258. The molecule has 0 aliphatic carbocycles. The van der Waals surface area contributed by atoms with Crippen molar-refractivity contribution in [1.29, 1.82) is 0 Å². The summed E-state index contributed by atoms with van der Waals surface area (Å²) in [5.74, 6) is -1.67. The number of aromatic nitrogens is 2. The number of aliphatic hydroxyl groups excluding tert-OH is 2. The Morgan fingerprint density at radius 3 is 2.33 bits per heavy atom. The Kier molecular flexibility index (Phi) is 10.0. The number of aliphatic carboxylic acids is 1. The quantitative estimate of drug-likeness (QED) is 0.441. The monoisotopic (exact) mass is 460 g/mol. The van der Waals surface area contributed by atoms with Gasteiger partial charge in [-0.15, -0.1) is 0 Å². The van der Waals surface area contributed by atoms with Crippen LogP contribution in [0.25, 0.3) is 23.0 Å². The van der Waals surface area contributed by atoms with Gasteiger partial charge in [0.15, 0.2) is 0 Å². The smallest absolute Gasteiger partial charge is 0.550 e. The number of carbonyl (C=O) groups excluding carboxylic acids is 1.